The predicted octanol–water partition coefficient (Wildman–Crippen LogP) is 3.34. The average molecular weight is 289 g/mol. The SMILES string of the molecule is Cc1ccc([C@H](C)NS(=O)(=O)c2ccccc2)c(C)c1. The van der Waals surface area contributed by atoms with E-state index in [1.165, 1.54) is 5.56 Å². The van der Waals surface area contributed by atoms with E-state index in [0.717, 1.165) is 11.1 Å². The van der Waals surface area contributed by atoms with Crippen LogP contribution in [0.2, 0.25) is 0 Å². The molecule has 0 saturated carbocycles. The molecule has 0 saturated heterocycles. The van der Waals surface area contributed by atoms with Crippen LogP contribution in [0.3, 0.4) is 0 Å². The Hall–Kier alpha value is -1.65. The summed E-state index contributed by atoms with van der Waals surface area (Å²) in [4.78, 5) is 0.289. The molecule has 0 amide bonds. The summed E-state index contributed by atoms with van der Waals surface area (Å²) in [5, 5.41) is 0. The van der Waals surface area contributed by atoms with Gasteiger partial charge in [-0.3, -0.25) is 0 Å². The van der Waals surface area contributed by atoms with E-state index in [0.29, 0.717) is 0 Å². The molecule has 106 valence electrons. The first-order valence-corrected chi connectivity index (χ1v) is 8.03. The van der Waals surface area contributed by atoms with Crippen molar-refractivity contribution in [2.24, 2.45) is 0 Å². The number of aryl methyl sites for hydroxylation is 2. The lowest BCUT2D eigenvalue weighted by Crippen LogP contribution is -2.27. The Bertz CT molecular complexity index is 694. The molecule has 2 aromatic rings. The molecular weight excluding hydrogens is 270 g/mol. The second-order valence-corrected chi connectivity index (χ2v) is 6.73. The number of benzene rings is 2. The van der Waals surface area contributed by atoms with Crippen molar-refractivity contribution in [1.82, 2.24) is 4.72 Å². The van der Waals surface area contributed by atoms with E-state index >= 15 is 0 Å². The summed E-state index contributed by atoms with van der Waals surface area (Å²) < 4.78 is 27.3. The Balaban J connectivity index is 2.25. The zero-order valence-electron chi connectivity index (χ0n) is 11.9. The zero-order valence-corrected chi connectivity index (χ0v) is 12.7. The average Bonchev–Trinajstić information content (AvgIpc) is 2.39. The van der Waals surface area contributed by atoms with Gasteiger partial charge < -0.3 is 0 Å². The minimum atomic E-state index is -3.48. The van der Waals surface area contributed by atoms with Crippen molar-refractivity contribution >= 4 is 10.0 Å². The van der Waals surface area contributed by atoms with E-state index in [9.17, 15) is 8.42 Å². The maximum Gasteiger partial charge on any atom is 0.241 e. The first-order valence-electron chi connectivity index (χ1n) is 6.54. The van der Waals surface area contributed by atoms with Crippen molar-refractivity contribution in [1.29, 1.82) is 0 Å². The van der Waals surface area contributed by atoms with Gasteiger partial charge in [0, 0.05) is 6.04 Å². The second kappa shape index (κ2) is 5.77. The minimum Gasteiger partial charge on any atom is -0.207 e. The molecular formula is C16H19NO2S. The van der Waals surface area contributed by atoms with Crippen molar-refractivity contribution < 1.29 is 8.42 Å². The van der Waals surface area contributed by atoms with Crippen LogP contribution < -0.4 is 4.72 Å². The first-order chi connectivity index (χ1) is 9.40. The van der Waals surface area contributed by atoms with Crippen LogP contribution in [0.4, 0.5) is 0 Å². The molecule has 0 heterocycles. The number of sulfonamides is 1. The van der Waals surface area contributed by atoms with E-state index in [-0.39, 0.29) is 10.9 Å². The fraction of sp³-hybridized carbons (Fsp3) is 0.250. The van der Waals surface area contributed by atoms with Crippen LogP contribution in [0.1, 0.15) is 29.7 Å². The summed E-state index contributed by atoms with van der Waals surface area (Å²) in [6, 6.07) is 14.2. The van der Waals surface area contributed by atoms with Gasteiger partial charge in [-0.15, -0.1) is 0 Å². The Labute approximate surface area is 120 Å². The fourth-order valence-electron chi connectivity index (χ4n) is 2.28. The molecule has 0 aromatic heterocycles. The Morgan fingerprint density at radius 1 is 1.00 bits per heavy atom. The second-order valence-electron chi connectivity index (χ2n) is 5.02. The van der Waals surface area contributed by atoms with E-state index in [4.69, 9.17) is 0 Å². The third kappa shape index (κ3) is 3.26. The van der Waals surface area contributed by atoms with Gasteiger partial charge in [-0.05, 0) is 44.0 Å². The summed E-state index contributed by atoms with van der Waals surface area (Å²) in [5.74, 6) is 0. The molecule has 1 N–H and O–H groups in total. The molecule has 2 rings (SSSR count). The topological polar surface area (TPSA) is 46.2 Å². The Kier molecular flexibility index (Phi) is 4.26. The molecule has 20 heavy (non-hydrogen) atoms. The number of hydrogen-bond acceptors (Lipinski definition) is 2. The largest absolute Gasteiger partial charge is 0.241 e. The molecule has 2 aromatic carbocycles. The van der Waals surface area contributed by atoms with Crippen molar-refractivity contribution in [3.8, 4) is 0 Å². The molecule has 0 unspecified atom stereocenters. The molecule has 1 atom stereocenters. The molecule has 0 spiro atoms. The van der Waals surface area contributed by atoms with Gasteiger partial charge >= 0.3 is 0 Å². The maximum absolute atomic E-state index is 12.3. The van der Waals surface area contributed by atoms with Crippen LogP contribution in [-0.2, 0) is 10.0 Å². The van der Waals surface area contributed by atoms with Crippen molar-refractivity contribution in [3.05, 3.63) is 65.2 Å². The number of rotatable bonds is 4. The Morgan fingerprint density at radius 3 is 2.25 bits per heavy atom. The van der Waals surface area contributed by atoms with Gasteiger partial charge in [0.05, 0.1) is 4.90 Å². The fourth-order valence-corrected chi connectivity index (χ4v) is 3.52. The van der Waals surface area contributed by atoms with Crippen molar-refractivity contribution in [2.45, 2.75) is 31.7 Å². The summed E-state index contributed by atoms with van der Waals surface area (Å²) >= 11 is 0. The molecule has 0 bridgehead atoms. The molecule has 4 heteroatoms. The third-order valence-corrected chi connectivity index (χ3v) is 4.83. The van der Waals surface area contributed by atoms with Crippen molar-refractivity contribution in [3.63, 3.8) is 0 Å². The first kappa shape index (κ1) is 14.8. The lowest BCUT2D eigenvalue weighted by Gasteiger charge is -2.17. The van der Waals surface area contributed by atoms with Crippen LogP contribution >= 0.6 is 0 Å². The number of hydrogen-bond donors (Lipinski definition) is 1. The van der Waals surface area contributed by atoms with E-state index in [1.807, 2.05) is 32.9 Å². The van der Waals surface area contributed by atoms with E-state index in [2.05, 4.69) is 10.8 Å². The van der Waals surface area contributed by atoms with Crippen LogP contribution in [0.15, 0.2) is 53.4 Å². The minimum absolute atomic E-state index is 0.263. The van der Waals surface area contributed by atoms with Crippen LogP contribution in [-0.4, -0.2) is 8.42 Å². The predicted molar refractivity (Wildman–Crippen MR) is 81.1 cm³/mol. The van der Waals surface area contributed by atoms with Gasteiger partial charge in [0.1, 0.15) is 0 Å². The van der Waals surface area contributed by atoms with Gasteiger partial charge in [0.2, 0.25) is 10.0 Å². The van der Waals surface area contributed by atoms with Crippen LogP contribution in [0, 0.1) is 13.8 Å². The molecule has 0 fully saturated rings. The lowest BCUT2D eigenvalue weighted by atomic mass is 10.0. The summed E-state index contributed by atoms with van der Waals surface area (Å²) in [6.45, 7) is 5.88. The molecule has 0 radical (unpaired) electrons. The summed E-state index contributed by atoms with van der Waals surface area (Å²) in [7, 11) is -3.48. The van der Waals surface area contributed by atoms with Gasteiger partial charge in [-0.25, -0.2) is 13.1 Å². The molecule has 3 nitrogen and oxygen atoms in total. The highest BCUT2D eigenvalue weighted by molar-refractivity contribution is 7.89. The Morgan fingerprint density at radius 2 is 1.65 bits per heavy atom. The monoisotopic (exact) mass is 289 g/mol. The smallest absolute Gasteiger partial charge is 0.207 e. The van der Waals surface area contributed by atoms with E-state index in [1.54, 1.807) is 30.3 Å². The highest BCUT2D eigenvalue weighted by Gasteiger charge is 2.18. The highest BCUT2D eigenvalue weighted by Crippen LogP contribution is 2.21. The van der Waals surface area contributed by atoms with Crippen molar-refractivity contribution in [2.75, 3.05) is 0 Å². The highest BCUT2D eigenvalue weighted by atomic mass is 32.2. The number of nitrogens with one attached hydrogen (secondary N) is 1. The summed E-state index contributed by atoms with van der Waals surface area (Å²) in [6.07, 6.45) is 0. The zero-order chi connectivity index (χ0) is 14.8. The molecule has 0 aliphatic heterocycles. The van der Waals surface area contributed by atoms with Crippen LogP contribution in [0.5, 0.6) is 0 Å². The molecule has 0 aliphatic carbocycles. The van der Waals surface area contributed by atoms with Gasteiger partial charge in [-0.1, -0.05) is 42.0 Å². The van der Waals surface area contributed by atoms with Gasteiger partial charge in [0.25, 0.3) is 0 Å². The van der Waals surface area contributed by atoms with E-state index < -0.39 is 10.0 Å². The van der Waals surface area contributed by atoms with Gasteiger partial charge in [-0.2, -0.15) is 0 Å². The maximum atomic E-state index is 12.3. The summed E-state index contributed by atoms with van der Waals surface area (Å²) in [5.41, 5.74) is 3.26. The molecule has 0 aliphatic rings. The van der Waals surface area contributed by atoms with Gasteiger partial charge in [0.15, 0.2) is 0 Å². The standard InChI is InChI=1S/C16H19NO2S/c1-12-9-10-16(13(2)11-12)14(3)17-20(18,19)15-7-5-4-6-8-15/h4-11,14,17H,1-3H3/t14-/m0/s1. The normalized spacial score (nSPS) is 13.2. The quantitative estimate of drug-likeness (QED) is 0.938. The van der Waals surface area contributed by atoms with Crippen LogP contribution in [0.25, 0.3) is 0 Å². The lowest BCUT2D eigenvalue weighted by molar-refractivity contribution is 0.566. The third-order valence-electron chi connectivity index (χ3n) is 3.28.